The van der Waals surface area contributed by atoms with Gasteiger partial charge in [-0.3, -0.25) is 0 Å². The highest BCUT2D eigenvalue weighted by molar-refractivity contribution is 5.67. The molecule has 1 aliphatic rings. The molecule has 1 aliphatic heterocycles. The van der Waals surface area contributed by atoms with Crippen molar-refractivity contribution in [3.8, 4) is 5.75 Å². The largest absolute Gasteiger partial charge is 0.496 e. The number of carbonyl (C=O) groups excluding carboxylic acids is 1. The molecule has 0 radical (unpaired) electrons. The van der Waals surface area contributed by atoms with E-state index >= 15 is 0 Å². The van der Waals surface area contributed by atoms with Crippen LogP contribution in [0.3, 0.4) is 0 Å². The summed E-state index contributed by atoms with van der Waals surface area (Å²) in [5.74, 6) is 0.919. The topological polar surface area (TPSA) is 50.8 Å². The molecule has 0 spiro atoms. The summed E-state index contributed by atoms with van der Waals surface area (Å²) in [4.78, 5) is 13.3. The second-order valence-electron chi connectivity index (χ2n) is 5.85. The van der Waals surface area contributed by atoms with Gasteiger partial charge in [0.05, 0.1) is 14.2 Å². The van der Waals surface area contributed by atoms with Gasteiger partial charge in [0, 0.05) is 25.2 Å². The maximum atomic E-state index is 11.5. The number of hydrogen-bond acceptors (Lipinski definition) is 4. The van der Waals surface area contributed by atoms with Crippen LogP contribution in [-0.2, 0) is 4.74 Å². The van der Waals surface area contributed by atoms with Gasteiger partial charge in [-0.25, -0.2) is 4.79 Å². The Kier molecular flexibility index (Phi) is 5.66. The molecule has 0 bridgehead atoms. The standard InChI is InChI=1S/C17H26N2O3/c1-12-11-14(5-6-16(12)21-3)13(2)18-15-7-9-19(10-8-15)17(20)22-4/h5-6,11,13,15,18H,7-10H2,1-4H3/t13-/m1/s1. The van der Waals surface area contributed by atoms with Gasteiger partial charge in [0.1, 0.15) is 5.75 Å². The molecule has 5 heteroatoms. The van der Waals surface area contributed by atoms with Crippen LogP contribution in [-0.4, -0.2) is 44.3 Å². The molecule has 22 heavy (non-hydrogen) atoms. The van der Waals surface area contributed by atoms with Crippen LogP contribution < -0.4 is 10.1 Å². The van der Waals surface area contributed by atoms with Crippen molar-refractivity contribution >= 4 is 6.09 Å². The number of aryl methyl sites for hydroxylation is 1. The second kappa shape index (κ2) is 7.49. The monoisotopic (exact) mass is 306 g/mol. The zero-order valence-electron chi connectivity index (χ0n) is 13.9. The molecule has 1 saturated heterocycles. The van der Waals surface area contributed by atoms with E-state index in [9.17, 15) is 4.79 Å². The van der Waals surface area contributed by atoms with E-state index in [2.05, 4.69) is 31.3 Å². The van der Waals surface area contributed by atoms with Crippen molar-refractivity contribution in [3.05, 3.63) is 29.3 Å². The van der Waals surface area contributed by atoms with Gasteiger partial charge in [0.25, 0.3) is 0 Å². The Bertz CT molecular complexity index is 511. The van der Waals surface area contributed by atoms with Crippen LogP contribution in [0.15, 0.2) is 18.2 Å². The van der Waals surface area contributed by atoms with Crippen molar-refractivity contribution < 1.29 is 14.3 Å². The number of rotatable bonds is 4. The van der Waals surface area contributed by atoms with Gasteiger partial charge in [-0.05, 0) is 43.9 Å². The summed E-state index contributed by atoms with van der Waals surface area (Å²) in [7, 11) is 3.12. The van der Waals surface area contributed by atoms with Crippen LogP contribution in [0, 0.1) is 6.92 Å². The van der Waals surface area contributed by atoms with E-state index in [0.717, 1.165) is 37.2 Å². The number of nitrogens with zero attached hydrogens (tertiary/aromatic N) is 1. The highest BCUT2D eigenvalue weighted by Crippen LogP contribution is 2.23. The molecule has 1 heterocycles. The number of hydrogen-bond donors (Lipinski definition) is 1. The van der Waals surface area contributed by atoms with Crippen LogP contribution in [0.4, 0.5) is 4.79 Å². The Morgan fingerprint density at radius 3 is 2.55 bits per heavy atom. The molecule has 1 aromatic rings. The number of benzene rings is 1. The van der Waals surface area contributed by atoms with Gasteiger partial charge in [0.2, 0.25) is 0 Å². The molecule has 5 nitrogen and oxygen atoms in total. The molecular formula is C17H26N2O3. The van der Waals surface area contributed by atoms with Gasteiger partial charge < -0.3 is 19.7 Å². The lowest BCUT2D eigenvalue weighted by molar-refractivity contribution is 0.109. The number of nitrogens with one attached hydrogen (secondary N) is 1. The molecule has 1 N–H and O–H groups in total. The van der Waals surface area contributed by atoms with E-state index in [1.807, 2.05) is 6.07 Å². The predicted molar refractivity (Wildman–Crippen MR) is 86.3 cm³/mol. The van der Waals surface area contributed by atoms with Crippen molar-refractivity contribution in [2.75, 3.05) is 27.3 Å². The quantitative estimate of drug-likeness (QED) is 0.929. The summed E-state index contributed by atoms with van der Waals surface area (Å²) in [6.07, 6.45) is 1.68. The SMILES string of the molecule is COC(=O)N1CCC(N[C@H](C)c2ccc(OC)c(C)c2)CC1. The normalized spacial score (nSPS) is 17.2. The predicted octanol–water partition coefficient (Wildman–Crippen LogP) is 2.89. The number of piperidine rings is 1. The van der Waals surface area contributed by atoms with Crippen LogP contribution in [0.1, 0.15) is 36.9 Å². The third kappa shape index (κ3) is 3.91. The average molecular weight is 306 g/mol. The molecular weight excluding hydrogens is 280 g/mol. The molecule has 0 aliphatic carbocycles. The first-order valence-corrected chi connectivity index (χ1v) is 7.78. The Hall–Kier alpha value is -1.75. The van der Waals surface area contributed by atoms with Crippen molar-refractivity contribution in [3.63, 3.8) is 0 Å². The van der Waals surface area contributed by atoms with Gasteiger partial charge in [-0.15, -0.1) is 0 Å². The molecule has 1 amide bonds. The van der Waals surface area contributed by atoms with Gasteiger partial charge >= 0.3 is 6.09 Å². The number of methoxy groups -OCH3 is 2. The summed E-state index contributed by atoms with van der Waals surface area (Å²) in [5, 5.41) is 3.66. The van der Waals surface area contributed by atoms with Crippen LogP contribution >= 0.6 is 0 Å². The van der Waals surface area contributed by atoms with E-state index in [0.29, 0.717) is 6.04 Å². The Morgan fingerprint density at radius 2 is 2.00 bits per heavy atom. The molecule has 2 rings (SSSR count). The van der Waals surface area contributed by atoms with Crippen molar-refractivity contribution in [2.24, 2.45) is 0 Å². The summed E-state index contributed by atoms with van der Waals surface area (Å²) >= 11 is 0. The fraction of sp³-hybridized carbons (Fsp3) is 0.588. The van der Waals surface area contributed by atoms with E-state index in [1.54, 1.807) is 12.0 Å². The second-order valence-corrected chi connectivity index (χ2v) is 5.85. The molecule has 1 fully saturated rings. The molecule has 0 saturated carbocycles. The number of likely N-dealkylation sites (tertiary alicyclic amines) is 1. The van der Waals surface area contributed by atoms with E-state index < -0.39 is 0 Å². The average Bonchev–Trinajstić information content (AvgIpc) is 2.54. The van der Waals surface area contributed by atoms with Gasteiger partial charge in [-0.2, -0.15) is 0 Å². The number of amides is 1. The van der Waals surface area contributed by atoms with Crippen molar-refractivity contribution in [1.29, 1.82) is 0 Å². The molecule has 0 unspecified atom stereocenters. The Morgan fingerprint density at radius 1 is 1.32 bits per heavy atom. The Balaban J connectivity index is 1.89. The van der Waals surface area contributed by atoms with Crippen LogP contribution in [0.2, 0.25) is 0 Å². The molecule has 1 aromatic carbocycles. The summed E-state index contributed by atoms with van der Waals surface area (Å²) in [6.45, 7) is 5.73. The van der Waals surface area contributed by atoms with Crippen molar-refractivity contribution in [1.82, 2.24) is 10.2 Å². The van der Waals surface area contributed by atoms with Crippen LogP contribution in [0.5, 0.6) is 5.75 Å². The third-order valence-corrected chi connectivity index (χ3v) is 4.33. The molecule has 1 atom stereocenters. The number of carbonyl (C=O) groups is 1. The first kappa shape index (κ1) is 16.6. The van der Waals surface area contributed by atoms with E-state index in [-0.39, 0.29) is 12.1 Å². The van der Waals surface area contributed by atoms with Crippen molar-refractivity contribution in [2.45, 2.75) is 38.8 Å². The lowest BCUT2D eigenvalue weighted by Gasteiger charge is -2.33. The minimum absolute atomic E-state index is 0.225. The van der Waals surface area contributed by atoms with E-state index in [1.165, 1.54) is 12.7 Å². The summed E-state index contributed by atoms with van der Waals surface area (Å²) in [5.41, 5.74) is 2.41. The molecule has 0 aromatic heterocycles. The third-order valence-electron chi connectivity index (χ3n) is 4.33. The Labute approximate surface area is 132 Å². The minimum atomic E-state index is -0.225. The zero-order chi connectivity index (χ0) is 16.1. The van der Waals surface area contributed by atoms with Gasteiger partial charge in [-0.1, -0.05) is 12.1 Å². The lowest BCUT2D eigenvalue weighted by Crippen LogP contribution is -2.45. The fourth-order valence-electron chi connectivity index (χ4n) is 2.98. The highest BCUT2D eigenvalue weighted by atomic mass is 16.5. The summed E-state index contributed by atoms with van der Waals surface area (Å²) in [6, 6.07) is 6.99. The first-order chi connectivity index (χ1) is 10.5. The number of ether oxygens (including phenoxy) is 2. The fourth-order valence-corrected chi connectivity index (χ4v) is 2.98. The maximum absolute atomic E-state index is 11.5. The maximum Gasteiger partial charge on any atom is 0.409 e. The van der Waals surface area contributed by atoms with Crippen LogP contribution in [0.25, 0.3) is 0 Å². The highest BCUT2D eigenvalue weighted by Gasteiger charge is 2.24. The van der Waals surface area contributed by atoms with Gasteiger partial charge in [0.15, 0.2) is 0 Å². The first-order valence-electron chi connectivity index (χ1n) is 7.78. The summed E-state index contributed by atoms with van der Waals surface area (Å²) < 4.78 is 10.1. The molecule has 122 valence electrons. The zero-order valence-corrected chi connectivity index (χ0v) is 13.9. The lowest BCUT2D eigenvalue weighted by atomic mass is 10.0. The van der Waals surface area contributed by atoms with E-state index in [4.69, 9.17) is 9.47 Å². The smallest absolute Gasteiger partial charge is 0.409 e. The minimum Gasteiger partial charge on any atom is -0.496 e.